The smallest absolute Gasteiger partial charge is 0.324 e. The van der Waals surface area contributed by atoms with Gasteiger partial charge in [-0.15, -0.1) is 0 Å². The van der Waals surface area contributed by atoms with E-state index in [1.807, 2.05) is 11.0 Å². The maximum Gasteiger partial charge on any atom is 0.416 e. The number of nitrogens with zero attached hydrogens (tertiary/aromatic N) is 2. The Labute approximate surface area is 187 Å². The van der Waals surface area contributed by atoms with Crippen molar-refractivity contribution in [3.05, 3.63) is 62.6 Å². The molecule has 162 valence electrons. The van der Waals surface area contributed by atoms with Gasteiger partial charge in [-0.05, 0) is 35.9 Å². The lowest BCUT2D eigenvalue weighted by Crippen LogP contribution is -2.48. The van der Waals surface area contributed by atoms with Crippen LogP contribution in [0.2, 0.25) is 15.1 Å². The number of rotatable bonds is 5. The van der Waals surface area contributed by atoms with Crippen LogP contribution in [0.5, 0.6) is 0 Å². The van der Waals surface area contributed by atoms with Crippen molar-refractivity contribution in [1.82, 2.24) is 9.80 Å². The van der Waals surface area contributed by atoms with E-state index in [0.717, 1.165) is 36.9 Å². The van der Waals surface area contributed by atoms with Crippen molar-refractivity contribution in [3.63, 3.8) is 0 Å². The number of piperazine rings is 1. The minimum absolute atomic E-state index is 0.0486. The van der Waals surface area contributed by atoms with Crippen LogP contribution in [0.1, 0.15) is 11.1 Å². The zero-order chi connectivity index (χ0) is 21.9. The molecule has 30 heavy (non-hydrogen) atoms. The van der Waals surface area contributed by atoms with Gasteiger partial charge in [0, 0.05) is 42.8 Å². The summed E-state index contributed by atoms with van der Waals surface area (Å²) in [5.41, 5.74) is 0.0654. The third kappa shape index (κ3) is 6.25. The highest BCUT2D eigenvalue weighted by Gasteiger charge is 2.31. The summed E-state index contributed by atoms with van der Waals surface area (Å²) in [4.78, 5) is 16.5. The lowest BCUT2D eigenvalue weighted by atomic mass is 10.2. The molecule has 1 fully saturated rings. The number of carbonyl (C=O) groups is 1. The van der Waals surface area contributed by atoms with Gasteiger partial charge < -0.3 is 5.32 Å². The second kappa shape index (κ2) is 9.75. The summed E-state index contributed by atoms with van der Waals surface area (Å²) in [6.45, 7) is 3.51. The highest BCUT2D eigenvalue weighted by Crippen LogP contribution is 2.33. The summed E-state index contributed by atoms with van der Waals surface area (Å²) in [6, 6.07) is 8.24. The van der Waals surface area contributed by atoms with Crippen LogP contribution in [-0.2, 0) is 17.5 Å². The number of carbonyl (C=O) groups excluding carboxylic acids is 1. The van der Waals surface area contributed by atoms with E-state index in [1.54, 1.807) is 12.1 Å². The van der Waals surface area contributed by atoms with Crippen LogP contribution in [0.3, 0.4) is 0 Å². The Morgan fingerprint density at radius 3 is 2.23 bits per heavy atom. The molecule has 0 aromatic heterocycles. The number of anilines is 1. The summed E-state index contributed by atoms with van der Waals surface area (Å²) >= 11 is 18.1. The van der Waals surface area contributed by atoms with E-state index in [9.17, 15) is 18.0 Å². The third-order valence-corrected chi connectivity index (χ3v) is 5.73. The molecule has 1 aliphatic heterocycles. The molecule has 4 nitrogen and oxygen atoms in total. The molecule has 0 radical (unpaired) electrons. The number of nitrogens with one attached hydrogen (secondary N) is 1. The number of alkyl halides is 3. The minimum Gasteiger partial charge on any atom is -0.324 e. The van der Waals surface area contributed by atoms with Gasteiger partial charge in [0.2, 0.25) is 5.91 Å². The van der Waals surface area contributed by atoms with E-state index in [2.05, 4.69) is 10.2 Å². The second-order valence-corrected chi connectivity index (χ2v) is 8.28. The first-order chi connectivity index (χ1) is 14.1. The molecular weight excluding hydrogens is 462 g/mol. The Balaban J connectivity index is 1.51. The Morgan fingerprint density at radius 2 is 1.60 bits per heavy atom. The van der Waals surface area contributed by atoms with Gasteiger partial charge in [0.1, 0.15) is 0 Å². The molecule has 1 amide bonds. The first-order valence-electron chi connectivity index (χ1n) is 9.17. The highest BCUT2D eigenvalue weighted by molar-refractivity contribution is 6.35. The van der Waals surface area contributed by atoms with Crippen LogP contribution in [0.15, 0.2) is 36.4 Å². The molecule has 10 heteroatoms. The average molecular weight is 481 g/mol. The molecule has 0 unspecified atom stereocenters. The molecule has 0 aliphatic carbocycles. The van der Waals surface area contributed by atoms with E-state index in [-0.39, 0.29) is 17.3 Å². The quantitative estimate of drug-likeness (QED) is 0.620. The van der Waals surface area contributed by atoms with Crippen molar-refractivity contribution in [2.75, 3.05) is 38.0 Å². The van der Waals surface area contributed by atoms with E-state index in [4.69, 9.17) is 34.8 Å². The Kier molecular flexibility index (Phi) is 7.52. The van der Waals surface area contributed by atoms with Crippen LogP contribution >= 0.6 is 34.8 Å². The van der Waals surface area contributed by atoms with Gasteiger partial charge in [-0.2, -0.15) is 13.2 Å². The Bertz CT molecular complexity index is 916. The first-order valence-corrected chi connectivity index (χ1v) is 10.3. The maximum absolute atomic E-state index is 12.9. The largest absolute Gasteiger partial charge is 0.416 e. The first kappa shape index (κ1) is 23.2. The lowest BCUT2D eigenvalue weighted by molar-refractivity contribution is -0.137. The van der Waals surface area contributed by atoms with Crippen LogP contribution in [0.4, 0.5) is 18.9 Å². The fraction of sp³-hybridized carbons (Fsp3) is 0.350. The van der Waals surface area contributed by atoms with Crippen molar-refractivity contribution < 1.29 is 18.0 Å². The predicted molar refractivity (Wildman–Crippen MR) is 113 cm³/mol. The van der Waals surface area contributed by atoms with Gasteiger partial charge in [-0.3, -0.25) is 14.6 Å². The van der Waals surface area contributed by atoms with Crippen LogP contribution in [-0.4, -0.2) is 48.4 Å². The van der Waals surface area contributed by atoms with Gasteiger partial charge in [0.25, 0.3) is 0 Å². The highest BCUT2D eigenvalue weighted by atomic mass is 35.5. The maximum atomic E-state index is 12.9. The van der Waals surface area contributed by atoms with E-state index in [0.29, 0.717) is 29.7 Å². The molecule has 1 aliphatic rings. The molecule has 1 N–H and O–H groups in total. The molecule has 0 saturated carbocycles. The number of amides is 1. The summed E-state index contributed by atoms with van der Waals surface area (Å²) in [5.74, 6) is -0.412. The van der Waals surface area contributed by atoms with Crippen molar-refractivity contribution in [2.24, 2.45) is 0 Å². The monoisotopic (exact) mass is 479 g/mol. The van der Waals surface area contributed by atoms with Gasteiger partial charge in [-0.1, -0.05) is 40.9 Å². The SMILES string of the molecule is O=C(CN1CCN(Cc2ccc(Cl)cc2Cl)CC1)Nc1cc(C(F)(F)F)ccc1Cl. The number of halogens is 6. The summed E-state index contributed by atoms with van der Waals surface area (Å²) in [7, 11) is 0. The zero-order valence-corrected chi connectivity index (χ0v) is 18.0. The molecule has 0 atom stereocenters. The van der Waals surface area contributed by atoms with Crippen LogP contribution in [0, 0.1) is 0 Å². The topological polar surface area (TPSA) is 35.6 Å². The fourth-order valence-electron chi connectivity index (χ4n) is 3.19. The van der Waals surface area contributed by atoms with Gasteiger partial charge in [0.15, 0.2) is 0 Å². The standard InChI is InChI=1S/C20H19Cl3F3N3O/c21-15-3-1-13(17(23)10-15)11-28-5-7-29(8-6-28)12-19(30)27-18-9-14(20(24,25)26)2-4-16(18)22/h1-4,9-10H,5-8,11-12H2,(H,27,30). The third-order valence-electron chi connectivity index (χ3n) is 4.81. The summed E-state index contributed by atoms with van der Waals surface area (Å²) in [6.07, 6.45) is -4.51. The molecule has 1 heterocycles. The van der Waals surface area contributed by atoms with E-state index >= 15 is 0 Å². The Hall–Kier alpha value is -1.51. The zero-order valence-electron chi connectivity index (χ0n) is 15.8. The molecule has 1 saturated heterocycles. The lowest BCUT2D eigenvalue weighted by Gasteiger charge is -2.34. The molecule has 2 aromatic carbocycles. The van der Waals surface area contributed by atoms with Gasteiger partial charge in [-0.25, -0.2) is 0 Å². The van der Waals surface area contributed by atoms with Crippen molar-refractivity contribution in [1.29, 1.82) is 0 Å². The molecule has 0 spiro atoms. The molecule has 3 rings (SSSR count). The normalized spacial score (nSPS) is 15.9. The van der Waals surface area contributed by atoms with E-state index < -0.39 is 17.6 Å². The predicted octanol–water partition coefficient (Wildman–Crippen LogP) is 5.42. The minimum atomic E-state index is -4.51. The van der Waals surface area contributed by atoms with Crippen molar-refractivity contribution in [2.45, 2.75) is 12.7 Å². The van der Waals surface area contributed by atoms with Crippen molar-refractivity contribution in [3.8, 4) is 0 Å². The van der Waals surface area contributed by atoms with Gasteiger partial charge >= 0.3 is 6.18 Å². The Morgan fingerprint density at radius 1 is 0.933 bits per heavy atom. The number of hydrogen-bond donors (Lipinski definition) is 1. The van der Waals surface area contributed by atoms with Crippen molar-refractivity contribution >= 4 is 46.4 Å². The number of benzene rings is 2. The second-order valence-electron chi connectivity index (χ2n) is 7.03. The summed E-state index contributed by atoms with van der Waals surface area (Å²) < 4.78 is 38.6. The van der Waals surface area contributed by atoms with Crippen LogP contribution in [0.25, 0.3) is 0 Å². The van der Waals surface area contributed by atoms with E-state index in [1.165, 1.54) is 0 Å². The molecule has 0 bridgehead atoms. The molecular formula is C20H19Cl3F3N3O. The average Bonchev–Trinajstić information content (AvgIpc) is 2.66. The summed E-state index contributed by atoms with van der Waals surface area (Å²) in [5, 5.41) is 3.73. The fourth-order valence-corrected chi connectivity index (χ4v) is 3.82. The molecule has 2 aromatic rings. The number of hydrogen-bond acceptors (Lipinski definition) is 3. The van der Waals surface area contributed by atoms with Crippen LogP contribution < -0.4 is 5.32 Å². The van der Waals surface area contributed by atoms with Gasteiger partial charge in [0.05, 0.1) is 22.8 Å².